The second-order valence-electron chi connectivity index (χ2n) is 3.27. The third kappa shape index (κ3) is 1.83. The molecule has 0 N–H and O–H groups in total. The molecule has 0 radical (unpaired) electrons. The van der Waals surface area contributed by atoms with E-state index in [1.165, 1.54) is 18.2 Å². The van der Waals surface area contributed by atoms with E-state index in [0.717, 1.165) is 4.09 Å². The number of halogens is 1. The molecule has 0 saturated carbocycles. The molecule has 16 heavy (non-hydrogen) atoms. The minimum Gasteiger partial charge on any atom is -0.199 e. The molecule has 0 unspecified atom stereocenters. The summed E-state index contributed by atoms with van der Waals surface area (Å²) in [6.07, 6.45) is 0. The molecule has 0 fully saturated rings. The Morgan fingerprint density at radius 1 is 1.25 bits per heavy atom. The summed E-state index contributed by atoms with van der Waals surface area (Å²) in [5.41, 5.74) is 0.560. The molecule has 0 amide bonds. The molecular formula is C10H9ClN2O2S. The normalized spacial score (nSPS) is 11.6. The fraction of sp³-hybridized carbons (Fsp3) is 0.100. The zero-order chi connectivity index (χ0) is 11.8. The Bertz CT molecular complexity index is 605. The summed E-state index contributed by atoms with van der Waals surface area (Å²) >= 11 is 5.80. The van der Waals surface area contributed by atoms with Gasteiger partial charge in [0.25, 0.3) is 10.0 Å². The van der Waals surface area contributed by atoms with E-state index in [4.69, 9.17) is 11.6 Å². The van der Waals surface area contributed by atoms with Gasteiger partial charge >= 0.3 is 0 Å². The molecule has 1 aromatic carbocycles. The molecule has 4 nitrogen and oxygen atoms in total. The molecule has 0 atom stereocenters. The van der Waals surface area contributed by atoms with Crippen molar-refractivity contribution in [3.63, 3.8) is 0 Å². The molecule has 2 rings (SSSR count). The van der Waals surface area contributed by atoms with Crippen LogP contribution in [-0.2, 0) is 10.0 Å². The lowest BCUT2D eigenvalue weighted by atomic mass is 10.4. The summed E-state index contributed by atoms with van der Waals surface area (Å²) in [6, 6.07) is 9.55. The molecular weight excluding hydrogens is 248 g/mol. The van der Waals surface area contributed by atoms with Crippen LogP contribution in [0.3, 0.4) is 0 Å². The Hall–Kier alpha value is -1.33. The summed E-state index contributed by atoms with van der Waals surface area (Å²) in [5, 5.41) is 3.94. The van der Waals surface area contributed by atoms with Gasteiger partial charge in [-0.05, 0) is 25.1 Å². The van der Waals surface area contributed by atoms with E-state index in [1.807, 2.05) is 0 Å². The van der Waals surface area contributed by atoms with E-state index in [-0.39, 0.29) is 10.0 Å². The maximum absolute atomic E-state index is 12.1. The number of benzene rings is 1. The third-order valence-electron chi connectivity index (χ3n) is 2.03. The molecule has 0 bridgehead atoms. The lowest BCUT2D eigenvalue weighted by Crippen LogP contribution is -2.14. The number of nitrogens with zero attached hydrogens (tertiary/aromatic N) is 2. The number of hydrogen-bond acceptors (Lipinski definition) is 3. The van der Waals surface area contributed by atoms with E-state index in [2.05, 4.69) is 5.10 Å². The Morgan fingerprint density at radius 2 is 1.88 bits per heavy atom. The van der Waals surface area contributed by atoms with Gasteiger partial charge in [-0.25, -0.2) is 0 Å². The lowest BCUT2D eigenvalue weighted by molar-refractivity contribution is 0.579. The van der Waals surface area contributed by atoms with Crippen LogP contribution in [-0.4, -0.2) is 17.6 Å². The highest BCUT2D eigenvalue weighted by Gasteiger charge is 2.20. The first-order valence-corrected chi connectivity index (χ1v) is 6.36. The van der Waals surface area contributed by atoms with Gasteiger partial charge in [-0.2, -0.15) is 13.5 Å². The van der Waals surface area contributed by atoms with Crippen LogP contribution in [0.4, 0.5) is 0 Å². The van der Waals surface area contributed by atoms with Gasteiger partial charge in [0.15, 0.2) is 0 Å². The van der Waals surface area contributed by atoms with Gasteiger partial charge in [-0.15, -0.1) is 4.09 Å². The predicted molar refractivity (Wildman–Crippen MR) is 61.0 cm³/mol. The van der Waals surface area contributed by atoms with Gasteiger partial charge in [0.05, 0.1) is 10.6 Å². The Balaban J connectivity index is 2.61. The zero-order valence-corrected chi connectivity index (χ0v) is 10.0. The number of rotatable bonds is 2. The van der Waals surface area contributed by atoms with Crippen molar-refractivity contribution >= 4 is 21.6 Å². The van der Waals surface area contributed by atoms with E-state index in [9.17, 15) is 8.42 Å². The van der Waals surface area contributed by atoms with Gasteiger partial charge < -0.3 is 0 Å². The molecule has 0 aliphatic carbocycles. The highest BCUT2D eigenvalue weighted by Crippen LogP contribution is 2.18. The summed E-state index contributed by atoms with van der Waals surface area (Å²) < 4.78 is 25.0. The first-order chi connectivity index (χ1) is 7.51. The Morgan fingerprint density at radius 3 is 2.38 bits per heavy atom. The van der Waals surface area contributed by atoms with Gasteiger partial charge in [0, 0.05) is 0 Å². The average Bonchev–Trinajstić information content (AvgIpc) is 2.60. The quantitative estimate of drug-likeness (QED) is 0.827. The fourth-order valence-corrected chi connectivity index (χ4v) is 3.00. The predicted octanol–water partition coefficient (Wildman–Crippen LogP) is 2.08. The summed E-state index contributed by atoms with van der Waals surface area (Å²) in [5.74, 6) is 0. The van der Waals surface area contributed by atoms with E-state index >= 15 is 0 Å². The Labute approximate surface area is 98.5 Å². The SMILES string of the molecule is Cc1cc(Cl)n(S(=O)(=O)c2ccccc2)n1. The van der Waals surface area contributed by atoms with Crippen molar-refractivity contribution < 1.29 is 8.42 Å². The van der Waals surface area contributed by atoms with Crippen molar-refractivity contribution in [2.24, 2.45) is 0 Å². The van der Waals surface area contributed by atoms with Gasteiger partial charge in [-0.1, -0.05) is 29.8 Å². The van der Waals surface area contributed by atoms with Crippen LogP contribution in [0.2, 0.25) is 5.15 Å². The second kappa shape index (κ2) is 3.92. The summed E-state index contributed by atoms with van der Waals surface area (Å²) in [6.45, 7) is 1.68. The maximum atomic E-state index is 12.1. The van der Waals surface area contributed by atoms with Crippen LogP contribution in [0.1, 0.15) is 5.69 Å². The smallest absolute Gasteiger partial charge is 0.199 e. The van der Waals surface area contributed by atoms with E-state index in [0.29, 0.717) is 5.69 Å². The van der Waals surface area contributed by atoms with E-state index < -0.39 is 10.0 Å². The molecule has 84 valence electrons. The molecule has 0 aliphatic rings. The van der Waals surface area contributed by atoms with Crippen LogP contribution in [0.25, 0.3) is 0 Å². The van der Waals surface area contributed by atoms with Crippen molar-refractivity contribution in [2.45, 2.75) is 11.8 Å². The standard InChI is InChI=1S/C10H9ClN2O2S/c1-8-7-10(11)13(12-8)16(14,15)9-5-3-2-4-6-9/h2-7H,1H3. The number of aromatic nitrogens is 2. The maximum Gasteiger partial charge on any atom is 0.284 e. The van der Waals surface area contributed by atoms with Crippen molar-refractivity contribution in [1.29, 1.82) is 0 Å². The monoisotopic (exact) mass is 256 g/mol. The van der Waals surface area contributed by atoms with Crippen LogP contribution in [0.15, 0.2) is 41.3 Å². The van der Waals surface area contributed by atoms with Crippen LogP contribution < -0.4 is 0 Å². The van der Waals surface area contributed by atoms with Crippen molar-refractivity contribution in [1.82, 2.24) is 9.19 Å². The van der Waals surface area contributed by atoms with Crippen LogP contribution >= 0.6 is 11.6 Å². The minimum absolute atomic E-state index is 0.0846. The number of hydrogen-bond donors (Lipinski definition) is 0. The molecule has 1 aromatic heterocycles. The Kier molecular flexibility index (Phi) is 2.73. The molecule has 0 saturated heterocycles. The molecule has 0 aliphatic heterocycles. The van der Waals surface area contributed by atoms with Crippen molar-refractivity contribution in [3.05, 3.63) is 47.2 Å². The zero-order valence-electron chi connectivity index (χ0n) is 8.46. The first-order valence-electron chi connectivity index (χ1n) is 4.54. The largest absolute Gasteiger partial charge is 0.284 e. The number of aryl methyl sites for hydroxylation is 1. The van der Waals surface area contributed by atoms with Gasteiger partial charge in [-0.3, -0.25) is 0 Å². The lowest BCUT2D eigenvalue weighted by Gasteiger charge is -2.04. The van der Waals surface area contributed by atoms with Crippen LogP contribution in [0, 0.1) is 6.92 Å². The second-order valence-corrected chi connectivity index (χ2v) is 5.42. The molecule has 6 heteroatoms. The topological polar surface area (TPSA) is 52.0 Å². The molecule has 1 heterocycles. The highest BCUT2D eigenvalue weighted by atomic mass is 35.5. The fourth-order valence-electron chi connectivity index (χ4n) is 1.31. The first kappa shape index (κ1) is 11.2. The van der Waals surface area contributed by atoms with Crippen molar-refractivity contribution in [3.8, 4) is 0 Å². The van der Waals surface area contributed by atoms with Crippen LogP contribution in [0.5, 0.6) is 0 Å². The van der Waals surface area contributed by atoms with Gasteiger partial charge in [0.2, 0.25) is 0 Å². The van der Waals surface area contributed by atoms with E-state index in [1.54, 1.807) is 25.1 Å². The van der Waals surface area contributed by atoms with Gasteiger partial charge in [0.1, 0.15) is 5.15 Å². The molecule has 2 aromatic rings. The average molecular weight is 257 g/mol. The summed E-state index contributed by atoms with van der Waals surface area (Å²) in [7, 11) is -3.68. The minimum atomic E-state index is -3.68. The van der Waals surface area contributed by atoms with Crippen molar-refractivity contribution in [2.75, 3.05) is 0 Å². The summed E-state index contributed by atoms with van der Waals surface area (Å²) in [4.78, 5) is 0.167. The highest BCUT2D eigenvalue weighted by molar-refractivity contribution is 7.90. The molecule has 0 spiro atoms. The third-order valence-corrected chi connectivity index (χ3v) is 4.00.